The molecular formula is C28H28Cl2N4O4. The second kappa shape index (κ2) is 10.1. The van der Waals surface area contributed by atoms with E-state index in [9.17, 15) is 14.4 Å². The molecule has 4 atom stereocenters. The highest BCUT2D eigenvalue weighted by atomic mass is 35.5. The summed E-state index contributed by atoms with van der Waals surface area (Å²) >= 11 is 13.3. The van der Waals surface area contributed by atoms with Crippen LogP contribution in [0.2, 0.25) is 5.02 Å². The summed E-state index contributed by atoms with van der Waals surface area (Å²) < 4.78 is 5.03. The van der Waals surface area contributed by atoms with Gasteiger partial charge in [-0.05, 0) is 35.7 Å². The van der Waals surface area contributed by atoms with E-state index in [4.69, 9.17) is 27.9 Å². The minimum Gasteiger partial charge on any atom is -0.464 e. The third-order valence-electron chi connectivity index (χ3n) is 7.58. The van der Waals surface area contributed by atoms with Crippen LogP contribution < -0.4 is 5.32 Å². The average Bonchev–Trinajstić information content (AvgIpc) is 3.18. The SMILES string of the molecule is C=C(CC)[C@H]1N2C(=NN(CCOC(C)=O)C(=O)C2Cl)C[C@@H](c2cccc(Cl)c2)[C@]12C(=O)Nc1ccccc12. The van der Waals surface area contributed by atoms with Crippen LogP contribution in [0.1, 0.15) is 43.7 Å². The van der Waals surface area contributed by atoms with Crippen LogP contribution in [0.15, 0.2) is 65.8 Å². The van der Waals surface area contributed by atoms with Crippen molar-refractivity contribution in [2.75, 3.05) is 18.5 Å². The fraction of sp³-hybridized carbons (Fsp3) is 0.357. The van der Waals surface area contributed by atoms with Crippen molar-refractivity contribution in [3.63, 3.8) is 0 Å². The van der Waals surface area contributed by atoms with Gasteiger partial charge >= 0.3 is 5.97 Å². The van der Waals surface area contributed by atoms with Crippen molar-refractivity contribution in [3.05, 3.63) is 76.8 Å². The molecular weight excluding hydrogens is 527 g/mol. The molecule has 0 aromatic heterocycles. The molecule has 3 heterocycles. The number of fused-ring (bicyclic) bond motifs is 3. The zero-order valence-electron chi connectivity index (χ0n) is 21.1. The number of nitrogens with zero attached hydrogens (tertiary/aromatic N) is 3. The molecule has 3 aliphatic heterocycles. The largest absolute Gasteiger partial charge is 0.464 e. The number of ether oxygens (including phenoxy) is 1. The first-order valence-corrected chi connectivity index (χ1v) is 13.3. The molecule has 0 bridgehead atoms. The Morgan fingerprint density at radius 2 is 2.00 bits per heavy atom. The van der Waals surface area contributed by atoms with E-state index in [0.717, 1.165) is 22.4 Å². The van der Waals surface area contributed by atoms with Crippen molar-refractivity contribution < 1.29 is 19.1 Å². The standard InChI is InChI=1S/C28H28Cl2N4O4/c1-4-16(2)24-28(20-10-5-6-11-22(20)31-27(28)37)21(18-8-7-9-19(29)14-18)15-23-32-33(12-13-38-17(3)35)26(36)25(30)34(23)24/h5-11,14,21,24-25H,2,4,12-13,15H2,1,3H3,(H,31,37)/t21-,24+,25?,28-/m0/s1. The van der Waals surface area contributed by atoms with E-state index in [2.05, 4.69) is 17.0 Å². The molecule has 0 aliphatic carbocycles. The number of amidine groups is 1. The summed E-state index contributed by atoms with van der Waals surface area (Å²) in [7, 11) is 0. The number of hydrazone groups is 1. The Morgan fingerprint density at radius 3 is 2.71 bits per heavy atom. The molecule has 1 unspecified atom stereocenters. The first kappa shape index (κ1) is 26.3. The Balaban J connectivity index is 1.72. The molecule has 10 heteroatoms. The van der Waals surface area contributed by atoms with Gasteiger partial charge in [-0.2, -0.15) is 5.10 Å². The van der Waals surface area contributed by atoms with Crippen LogP contribution in [0.5, 0.6) is 0 Å². The number of hydrogen-bond acceptors (Lipinski definition) is 6. The molecule has 198 valence electrons. The van der Waals surface area contributed by atoms with Gasteiger partial charge in [0.15, 0.2) is 5.50 Å². The van der Waals surface area contributed by atoms with Crippen LogP contribution in [0.25, 0.3) is 0 Å². The summed E-state index contributed by atoms with van der Waals surface area (Å²) in [4.78, 5) is 40.6. The fourth-order valence-electron chi connectivity index (χ4n) is 5.96. The lowest BCUT2D eigenvalue weighted by atomic mass is 9.58. The van der Waals surface area contributed by atoms with Crippen molar-refractivity contribution >= 4 is 52.5 Å². The number of halogens is 2. The molecule has 1 fully saturated rings. The van der Waals surface area contributed by atoms with Crippen LogP contribution >= 0.6 is 23.2 Å². The molecule has 2 aromatic rings. The lowest BCUT2D eigenvalue weighted by Gasteiger charge is -2.55. The van der Waals surface area contributed by atoms with Crippen LogP contribution in [0, 0.1) is 0 Å². The number of nitrogens with one attached hydrogen (secondary N) is 1. The number of alkyl halides is 1. The summed E-state index contributed by atoms with van der Waals surface area (Å²) in [5.41, 5.74) is 0.892. The van der Waals surface area contributed by atoms with Crippen molar-refractivity contribution in [1.29, 1.82) is 0 Å². The van der Waals surface area contributed by atoms with Gasteiger partial charge in [-0.15, -0.1) is 0 Å². The first-order valence-electron chi connectivity index (χ1n) is 12.5. The highest BCUT2D eigenvalue weighted by molar-refractivity contribution is 6.32. The normalized spacial score (nSPS) is 26.0. The summed E-state index contributed by atoms with van der Waals surface area (Å²) in [6, 6.07) is 14.4. The van der Waals surface area contributed by atoms with Crippen molar-refractivity contribution in [1.82, 2.24) is 9.91 Å². The molecule has 3 aliphatic rings. The van der Waals surface area contributed by atoms with Gasteiger partial charge in [-0.3, -0.25) is 14.4 Å². The number of carbonyl (C=O) groups is 3. The molecule has 1 saturated heterocycles. The minimum atomic E-state index is -1.14. The lowest BCUT2D eigenvalue weighted by molar-refractivity contribution is -0.145. The van der Waals surface area contributed by atoms with E-state index in [1.165, 1.54) is 11.9 Å². The Kier molecular flexibility index (Phi) is 6.96. The predicted octanol–water partition coefficient (Wildman–Crippen LogP) is 4.64. The van der Waals surface area contributed by atoms with Crippen LogP contribution in [0.4, 0.5) is 5.69 Å². The minimum absolute atomic E-state index is 0.00992. The molecule has 1 N–H and O–H groups in total. The Bertz CT molecular complexity index is 1360. The molecule has 2 amide bonds. The number of hydrogen-bond donors (Lipinski definition) is 1. The third kappa shape index (κ3) is 4.07. The van der Waals surface area contributed by atoms with E-state index in [-0.39, 0.29) is 25.0 Å². The average molecular weight is 555 g/mol. The molecule has 0 radical (unpaired) electrons. The summed E-state index contributed by atoms with van der Waals surface area (Å²) in [6.45, 7) is 7.69. The topological polar surface area (TPSA) is 91.3 Å². The second-order valence-electron chi connectivity index (χ2n) is 9.66. The zero-order valence-corrected chi connectivity index (χ0v) is 22.6. The van der Waals surface area contributed by atoms with Crippen LogP contribution in [-0.4, -0.2) is 58.2 Å². The number of benzene rings is 2. The zero-order chi connectivity index (χ0) is 27.2. The maximum absolute atomic E-state index is 14.2. The monoisotopic (exact) mass is 554 g/mol. The van der Waals surface area contributed by atoms with E-state index in [1.807, 2.05) is 49.4 Å². The lowest BCUT2D eigenvalue weighted by Crippen LogP contribution is -2.68. The molecule has 38 heavy (non-hydrogen) atoms. The van der Waals surface area contributed by atoms with Gasteiger partial charge in [0, 0.05) is 30.0 Å². The molecule has 8 nitrogen and oxygen atoms in total. The van der Waals surface area contributed by atoms with Crippen molar-refractivity contribution in [2.24, 2.45) is 5.10 Å². The van der Waals surface area contributed by atoms with Crippen LogP contribution in [0.3, 0.4) is 0 Å². The Hall–Kier alpha value is -3.36. The Labute approximate surface area is 231 Å². The summed E-state index contributed by atoms with van der Waals surface area (Å²) in [5, 5.41) is 9.56. The number of para-hydroxylation sites is 1. The predicted molar refractivity (Wildman–Crippen MR) is 146 cm³/mol. The van der Waals surface area contributed by atoms with E-state index in [0.29, 0.717) is 23.7 Å². The highest BCUT2D eigenvalue weighted by Crippen LogP contribution is 2.57. The quantitative estimate of drug-likeness (QED) is 0.243. The highest BCUT2D eigenvalue weighted by Gasteiger charge is 2.64. The van der Waals surface area contributed by atoms with Gasteiger partial charge < -0.3 is 15.0 Å². The van der Waals surface area contributed by atoms with Crippen LogP contribution in [-0.2, 0) is 24.5 Å². The van der Waals surface area contributed by atoms with Crippen molar-refractivity contribution in [3.8, 4) is 0 Å². The number of rotatable bonds is 6. The van der Waals surface area contributed by atoms with E-state index >= 15 is 0 Å². The number of esters is 1. The Morgan fingerprint density at radius 1 is 1.24 bits per heavy atom. The molecule has 5 rings (SSSR count). The van der Waals surface area contributed by atoms with Gasteiger partial charge in [-0.25, -0.2) is 5.01 Å². The number of carbonyl (C=O) groups excluding carboxylic acids is 3. The molecule has 1 spiro atoms. The van der Waals surface area contributed by atoms with Gasteiger partial charge in [-0.1, -0.05) is 72.6 Å². The first-order chi connectivity index (χ1) is 18.2. The van der Waals surface area contributed by atoms with Gasteiger partial charge in [0.1, 0.15) is 17.9 Å². The van der Waals surface area contributed by atoms with E-state index in [1.54, 1.807) is 11.0 Å². The van der Waals surface area contributed by atoms with Crippen molar-refractivity contribution in [2.45, 2.75) is 49.6 Å². The maximum atomic E-state index is 14.2. The number of anilines is 1. The maximum Gasteiger partial charge on any atom is 0.302 e. The summed E-state index contributed by atoms with van der Waals surface area (Å²) in [5.74, 6) is -0.923. The second-order valence-corrected chi connectivity index (χ2v) is 10.5. The van der Waals surface area contributed by atoms with Gasteiger partial charge in [0.25, 0.3) is 5.91 Å². The fourth-order valence-corrected chi connectivity index (χ4v) is 6.50. The number of piperidine rings is 1. The summed E-state index contributed by atoms with van der Waals surface area (Å²) in [6.07, 6.45) is 0.873. The smallest absolute Gasteiger partial charge is 0.302 e. The van der Waals surface area contributed by atoms with Gasteiger partial charge in [0.05, 0.1) is 12.6 Å². The molecule has 0 saturated carbocycles. The van der Waals surface area contributed by atoms with E-state index < -0.39 is 28.8 Å². The third-order valence-corrected chi connectivity index (χ3v) is 8.21. The van der Waals surface area contributed by atoms with Gasteiger partial charge in [0.2, 0.25) is 5.91 Å². The molecule has 2 aromatic carbocycles. The number of amides is 2.